The number of nitrogens with one attached hydrogen (secondary N) is 1. The minimum Gasteiger partial charge on any atom is -0.455 e. The van der Waals surface area contributed by atoms with Crippen LogP contribution in [0, 0.1) is 3.57 Å². The van der Waals surface area contributed by atoms with Gasteiger partial charge in [0.1, 0.15) is 5.76 Å². The number of furan rings is 1. The van der Waals surface area contributed by atoms with Gasteiger partial charge in [0, 0.05) is 3.57 Å². The third-order valence-corrected chi connectivity index (χ3v) is 3.15. The van der Waals surface area contributed by atoms with E-state index in [9.17, 15) is 4.79 Å². The van der Waals surface area contributed by atoms with Crippen molar-refractivity contribution >= 4 is 34.2 Å². The van der Waals surface area contributed by atoms with Gasteiger partial charge >= 0.3 is 0 Å². The topological polar surface area (TPSA) is 68.3 Å². The van der Waals surface area contributed by atoms with E-state index in [-0.39, 0.29) is 18.2 Å². The normalized spacial score (nSPS) is 10.2. The third kappa shape index (κ3) is 2.86. The van der Waals surface area contributed by atoms with Crippen LogP contribution in [0.15, 0.2) is 40.8 Å². The fourth-order valence-corrected chi connectivity index (χ4v) is 1.88. The fourth-order valence-electron chi connectivity index (χ4n) is 1.36. The second-order valence-electron chi connectivity index (χ2n) is 3.40. The molecular formula is C12H11IN2O2. The van der Waals surface area contributed by atoms with E-state index in [1.807, 2.05) is 24.3 Å². The first-order valence-electron chi connectivity index (χ1n) is 5.05. The van der Waals surface area contributed by atoms with Crippen LogP contribution in [-0.2, 0) is 6.54 Å². The molecule has 88 valence electrons. The summed E-state index contributed by atoms with van der Waals surface area (Å²) in [5.74, 6) is 0.594. The van der Waals surface area contributed by atoms with Crippen molar-refractivity contribution in [2.45, 2.75) is 6.54 Å². The van der Waals surface area contributed by atoms with Gasteiger partial charge in [0.25, 0.3) is 5.91 Å². The number of hydrogen-bond acceptors (Lipinski definition) is 3. The number of hydrogen-bond donors (Lipinski definition) is 2. The average Bonchev–Trinajstić information content (AvgIpc) is 2.81. The summed E-state index contributed by atoms with van der Waals surface area (Å²) in [5.41, 5.74) is 6.18. The summed E-state index contributed by atoms with van der Waals surface area (Å²) in [7, 11) is 0. The van der Waals surface area contributed by atoms with Crippen molar-refractivity contribution in [3.8, 4) is 0 Å². The van der Waals surface area contributed by atoms with E-state index in [2.05, 4.69) is 27.9 Å². The van der Waals surface area contributed by atoms with Gasteiger partial charge in [-0.15, -0.1) is 0 Å². The summed E-state index contributed by atoms with van der Waals surface area (Å²) in [6, 6.07) is 10.9. The molecule has 0 aliphatic rings. The molecule has 1 aromatic carbocycles. The lowest BCUT2D eigenvalue weighted by Gasteiger charge is -2.04. The lowest BCUT2D eigenvalue weighted by molar-refractivity contribution is 0.0995. The number of rotatable bonds is 3. The number of nitrogens with two attached hydrogens (primary N) is 1. The SMILES string of the molecule is NCc1ccc(C(=O)Nc2ccccc2I)o1. The van der Waals surface area contributed by atoms with E-state index in [0.717, 1.165) is 9.26 Å². The van der Waals surface area contributed by atoms with E-state index >= 15 is 0 Å². The Hall–Kier alpha value is -1.34. The fraction of sp³-hybridized carbons (Fsp3) is 0.0833. The maximum Gasteiger partial charge on any atom is 0.291 e. The van der Waals surface area contributed by atoms with E-state index < -0.39 is 0 Å². The van der Waals surface area contributed by atoms with Crippen molar-refractivity contribution < 1.29 is 9.21 Å². The molecule has 1 amide bonds. The van der Waals surface area contributed by atoms with Gasteiger partial charge in [0.2, 0.25) is 0 Å². The smallest absolute Gasteiger partial charge is 0.291 e. The predicted octanol–water partition coefficient (Wildman–Crippen LogP) is 2.60. The van der Waals surface area contributed by atoms with Crippen LogP contribution in [0.2, 0.25) is 0 Å². The second kappa shape index (κ2) is 5.33. The Labute approximate surface area is 112 Å². The van der Waals surface area contributed by atoms with Crippen LogP contribution in [0.1, 0.15) is 16.3 Å². The van der Waals surface area contributed by atoms with Gasteiger partial charge in [-0.3, -0.25) is 4.79 Å². The second-order valence-corrected chi connectivity index (χ2v) is 4.57. The summed E-state index contributed by atoms with van der Waals surface area (Å²) in [4.78, 5) is 11.8. The Morgan fingerprint density at radius 2 is 2.06 bits per heavy atom. The number of anilines is 1. The zero-order valence-electron chi connectivity index (χ0n) is 8.94. The standard InChI is InChI=1S/C12H11IN2O2/c13-9-3-1-2-4-10(9)15-12(16)11-6-5-8(7-14)17-11/h1-6H,7,14H2,(H,15,16). The molecule has 0 aliphatic heterocycles. The lowest BCUT2D eigenvalue weighted by Crippen LogP contribution is -2.11. The van der Waals surface area contributed by atoms with Crippen LogP contribution in [0.5, 0.6) is 0 Å². The van der Waals surface area contributed by atoms with Crippen LogP contribution in [0.4, 0.5) is 5.69 Å². The molecule has 2 rings (SSSR count). The zero-order chi connectivity index (χ0) is 12.3. The molecule has 0 radical (unpaired) electrons. The monoisotopic (exact) mass is 342 g/mol. The molecule has 0 bridgehead atoms. The molecule has 0 fully saturated rings. The van der Waals surface area contributed by atoms with Crippen LogP contribution >= 0.6 is 22.6 Å². The number of amides is 1. The number of benzene rings is 1. The zero-order valence-corrected chi connectivity index (χ0v) is 11.1. The molecule has 1 heterocycles. The summed E-state index contributed by atoms with van der Waals surface area (Å²) < 4.78 is 6.24. The maximum absolute atomic E-state index is 11.8. The minimum absolute atomic E-state index is 0.269. The summed E-state index contributed by atoms with van der Waals surface area (Å²) in [5, 5.41) is 2.78. The molecule has 0 spiro atoms. The van der Waals surface area contributed by atoms with Crippen LogP contribution in [0.3, 0.4) is 0 Å². The molecule has 0 atom stereocenters. The quantitative estimate of drug-likeness (QED) is 0.843. The molecule has 0 unspecified atom stereocenters. The van der Waals surface area contributed by atoms with Crippen molar-refractivity contribution in [3.63, 3.8) is 0 Å². The Balaban J connectivity index is 2.14. The van der Waals surface area contributed by atoms with Gasteiger partial charge < -0.3 is 15.5 Å². The van der Waals surface area contributed by atoms with Gasteiger partial charge in [-0.1, -0.05) is 12.1 Å². The van der Waals surface area contributed by atoms with Gasteiger partial charge in [0.15, 0.2) is 5.76 Å². The van der Waals surface area contributed by atoms with Gasteiger partial charge in [-0.2, -0.15) is 0 Å². The Morgan fingerprint density at radius 3 is 2.71 bits per heavy atom. The average molecular weight is 342 g/mol. The highest BCUT2D eigenvalue weighted by Gasteiger charge is 2.11. The van der Waals surface area contributed by atoms with Gasteiger partial charge in [0.05, 0.1) is 12.2 Å². The lowest BCUT2D eigenvalue weighted by atomic mass is 10.3. The minimum atomic E-state index is -0.270. The third-order valence-electron chi connectivity index (χ3n) is 2.21. The molecule has 2 aromatic rings. The van der Waals surface area contributed by atoms with Crippen LogP contribution in [-0.4, -0.2) is 5.91 Å². The van der Waals surface area contributed by atoms with Crippen molar-refractivity contribution in [1.29, 1.82) is 0 Å². The predicted molar refractivity (Wildman–Crippen MR) is 73.7 cm³/mol. The molecule has 0 saturated heterocycles. The van der Waals surface area contributed by atoms with Crippen LogP contribution < -0.4 is 11.1 Å². The highest BCUT2D eigenvalue weighted by molar-refractivity contribution is 14.1. The van der Waals surface area contributed by atoms with Gasteiger partial charge in [-0.25, -0.2) is 0 Å². The van der Waals surface area contributed by atoms with Crippen molar-refractivity contribution in [2.24, 2.45) is 5.73 Å². The van der Waals surface area contributed by atoms with Crippen molar-refractivity contribution in [2.75, 3.05) is 5.32 Å². The Morgan fingerprint density at radius 1 is 1.29 bits per heavy atom. The summed E-state index contributed by atoms with van der Waals surface area (Å²) in [6.45, 7) is 0.288. The molecule has 3 N–H and O–H groups in total. The molecule has 17 heavy (non-hydrogen) atoms. The van der Waals surface area contributed by atoms with Crippen molar-refractivity contribution in [1.82, 2.24) is 0 Å². The number of carbonyl (C=O) groups is 1. The highest BCUT2D eigenvalue weighted by atomic mass is 127. The molecular weight excluding hydrogens is 331 g/mol. The Kier molecular flexibility index (Phi) is 3.80. The molecule has 0 saturated carbocycles. The number of halogens is 1. The maximum atomic E-state index is 11.8. The van der Waals surface area contributed by atoms with Crippen molar-refractivity contribution in [3.05, 3.63) is 51.5 Å². The first kappa shape index (κ1) is 12.1. The first-order chi connectivity index (χ1) is 8.20. The number of para-hydroxylation sites is 1. The molecule has 5 heteroatoms. The highest BCUT2D eigenvalue weighted by Crippen LogP contribution is 2.18. The summed E-state index contributed by atoms with van der Waals surface area (Å²) >= 11 is 2.16. The molecule has 0 aliphatic carbocycles. The van der Waals surface area contributed by atoms with E-state index in [0.29, 0.717) is 5.76 Å². The van der Waals surface area contributed by atoms with E-state index in [1.165, 1.54) is 0 Å². The number of carbonyl (C=O) groups excluding carboxylic acids is 1. The molecule has 4 nitrogen and oxygen atoms in total. The Bertz CT molecular complexity index is 537. The largest absolute Gasteiger partial charge is 0.455 e. The van der Waals surface area contributed by atoms with Crippen LogP contribution in [0.25, 0.3) is 0 Å². The van der Waals surface area contributed by atoms with E-state index in [1.54, 1.807) is 12.1 Å². The van der Waals surface area contributed by atoms with Gasteiger partial charge in [-0.05, 0) is 46.9 Å². The summed E-state index contributed by atoms with van der Waals surface area (Å²) in [6.07, 6.45) is 0. The molecule has 1 aromatic heterocycles. The first-order valence-corrected chi connectivity index (χ1v) is 6.13. The van der Waals surface area contributed by atoms with E-state index in [4.69, 9.17) is 10.2 Å².